The van der Waals surface area contributed by atoms with Gasteiger partial charge in [0, 0.05) is 23.1 Å². The Kier molecular flexibility index (Phi) is 3.75. The van der Waals surface area contributed by atoms with E-state index in [1.165, 1.54) is 21.7 Å². The average Bonchev–Trinajstić information content (AvgIpc) is 2.96. The van der Waals surface area contributed by atoms with Crippen LogP contribution < -0.4 is 4.57 Å². The first-order valence-electron chi connectivity index (χ1n) is 6.59. The van der Waals surface area contributed by atoms with Crippen molar-refractivity contribution >= 4 is 23.5 Å². The van der Waals surface area contributed by atoms with Crippen LogP contribution in [0.2, 0.25) is 0 Å². The molecule has 0 spiro atoms. The number of hydrogen-bond acceptors (Lipinski definition) is 1. The second kappa shape index (κ2) is 5.85. The zero-order valence-corrected chi connectivity index (χ0v) is 12.2. The first kappa shape index (κ1) is 12.8. The molecular weight excluding hydrogens is 262 g/mol. The average molecular weight is 278 g/mol. The Balaban J connectivity index is 1.83. The van der Waals surface area contributed by atoms with Gasteiger partial charge in [0.25, 0.3) is 0 Å². The summed E-state index contributed by atoms with van der Waals surface area (Å²) in [5.41, 5.74) is 3.75. The molecule has 0 saturated heterocycles. The van der Waals surface area contributed by atoms with Gasteiger partial charge >= 0.3 is 0 Å². The van der Waals surface area contributed by atoms with Gasteiger partial charge in [0.1, 0.15) is 7.05 Å². The van der Waals surface area contributed by atoms with E-state index in [4.69, 9.17) is 0 Å². The third kappa shape index (κ3) is 2.86. The monoisotopic (exact) mass is 278 g/mol. The van der Waals surface area contributed by atoms with Crippen molar-refractivity contribution in [2.75, 3.05) is 0 Å². The molecule has 2 aromatic heterocycles. The first-order chi connectivity index (χ1) is 9.83. The van der Waals surface area contributed by atoms with Gasteiger partial charge in [0.2, 0.25) is 5.69 Å². The highest BCUT2D eigenvalue weighted by atomic mass is 32.1. The topological polar surface area (TPSA) is 3.88 Å². The highest BCUT2D eigenvalue weighted by Crippen LogP contribution is 2.26. The van der Waals surface area contributed by atoms with Gasteiger partial charge in [-0.2, -0.15) is 0 Å². The van der Waals surface area contributed by atoms with E-state index < -0.39 is 0 Å². The Morgan fingerprint density at radius 1 is 0.900 bits per heavy atom. The fourth-order valence-corrected chi connectivity index (χ4v) is 2.91. The number of hydrogen-bond donors (Lipinski definition) is 0. The van der Waals surface area contributed by atoms with Crippen molar-refractivity contribution in [2.45, 2.75) is 0 Å². The van der Waals surface area contributed by atoms with E-state index in [2.05, 4.69) is 77.8 Å². The molecule has 0 radical (unpaired) electrons. The standard InChI is InChI=1S/C18H16NS/c1-19-12-6-5-9-17(19)10-11-18-13-16(14-20-18)15-7-3-2-4-8-15/h2-14H,1H3/q+1/b11-10+. The zero-order chi connectivity index (χ0) is 13.8. The minimum atomic E-state index is 1.20. The van der Waals surface area contributed by atoms with Crippen molar-refractivity contribution in [2.24, 2.45) is 7.05 Å². The number of aryl methyl sites for hydroxylation is 1. The number of benzene rings is 1. The maximum Gasteiger partial charge on any atom is 0.204 e. The molecule has 3 aromatic rings. The molecule has 0 saturated carbocycles. The maximum atomic E-state index is 2.24. The largest absolute Gasteiger partial charge is 0.204 e. The molecule has 1 aromatic carbocycles. The summed E-state index contributed by atoms with van der Waals surface area (Å²) in [6, 6.07) is 18.9. The minimum absolute atomic E-state index is 1.20. The van der Waals surface area contributed by atoms with Crippen LogP contribution in [-0.2, 0) is 7.05 Å². The molecule has 2 heteroatoms. The second-order valence-electron chi connectivity index (χ2n) is 4.67. The van der Waals surface area contributed by atoms with Gasteiger partial charge in [-0.3, -0.25) is 0 Å². The Hall–Kier alpha value is -2.19. The highest BCUT2D eigenvalue weighted by molar-refractivity contribution is 7.11. The number of rotatable bonds is 3. The van der Waals surface area contributed by atoms with E-state index in [1.54, 1.807) is 11.3 Å². The summed E-state index contributed by atoms with van der Waals surface area (Å²) in [6.45, 7) is 0. The van der Waals surface area contributed by atoms with E-state index in [1.807, 2.05) is 12.1 Å². The van der Waals surface area contributed by atoms with Crippen LogP contribution in [0.4, 0.5) is 0 Å². The van der Waals surface area contributed by atoms with Gasteiger partial charge in [0.15, 0.2) is 6.20 Å². The fraction of sp³-hybridized carbons (Fsp3) is 0.0556. The van der Waals surface area contributed by atoms with E-state index >= 15 is 0 Å². The van der Waals surface area contributed by atoms with Gasteiger partial charge in [-0.15, -0.1) is 11.3 Å². The molecule has 0 unspecified atom stereocenters. The highest BCUT2D eigenvalue weighted by Gasteiger charge is 2.02. The van der Waals surface area contributed by atoms with Crippen molar-refractivity contribution in [3.63, 3.8) is 0 Å². The normalized spacial score (nSPS) is 11.1. The molecular formula is C18H16NS+. The van der Waals surface area contributed by atoms with Crippen molar-refractivity contribution in [1.29, 1.82) is 0 Å². The van der Waals surface area contributed by atoms with Crippen molar-refractivity contribution in [3.8, 4) is 11.1 Å². The molecule has 0 bridgehead atoms. The molecule has 3 rings (SSSR count). The van der Waals surface area contributed by atoms with Gasteiger partial charge in [0.05, 0.1) is 0 Å². The quantitative estimate of drug-likeness (QED) is 0.625. The van der Waals surface area contributed by atoms with E-state index in [9.17, 15) is 0 Å². The van der Waals surface area contributed by atoms with Crippen LogP contribution in [-0.4, -0.2) is 0 Å². The van der Waals surface area contributed by atoms with Crippen LogP contribution in [0.5, 0.6) is 0 Å². The lowest BCUT2D eigenvalue weighted by molar-refractivity contribution is -0.673. The lowest BCUT2D eigenvalue weighted by Crippen LogP contribution is -2.30. The molecule has 1 nitrogen and oxygen atoms in total. The summed E-state index contributed by atoms with van der Waals surface area (Å²) in [4.78, 5) is 1.27. The summed E-state index contributed by atoms with van der Waals surface area (Å²) in [5, 5.41) is 2.21. The molecule has 0 fully saturated rings. The smallest absolute Gasteiger partial charge is 0.202 e. The lowest BCUT2D eigenvalue weighted by atomic mass is 10.1. The van der Waals surface area contributed by atoms with Gasteiger partial charge in [-0.25, -0.2) is 4.57 Å². The Bertz CT molecular complexity index is 726. The number of nitrogens with zero attached hydrogens (tertiary/aromatic N) is 1. The Morgan fingerprint density at radius 3 is 2.50 bits per heavy atom. The molecule has 0 aliphatic carbocycles. The molecule has 2 heterocycles. The van der Waals surface area contributed by atoms with Gasteiger partial charge < -0.3 is 0 Å². The minimum Gasteiger partial charge on any atom is -0.202 e. The van der Waals surface area contributed by atoms with E-state index in [-0.39, 0.29) is 0 Å². The summed E-state index contributed by atoms with van der Waals surface area (Å²) in [7, 11) is 2.06. The third-order valence-corrected chi connectivity index (χ3v) is 4.14. The zero-order valence-electron chi connectivity index (χ0n) is 11.4. The third-order valence-electron chi connectivity index (χ3n) is 3.24. The lowest BCUT2D eigenvalue weighted by Gasteiger charge is -1.94. The Morgan fingerprint density at radius 2 is 1.70 bits per heavy atom. The van der Waals surface area contributed by atoms with Crippen LogP contribution in [0.3, 0.4) is 0 Å². The maximum absolute atomic E-state index is 2.24. The van der Waals surface area contributed by atoms with E-state index in [0.717, 1.165) is 0 Å². The van der Waals surface area contributed by atoms with Crippen LogP contribution in [0.25, 0.3) is 23.3 Å². The van der Waals surface area contributed by atoms with Crippen molar-refractivity contribution in [3.05, 3.63) is 76.7 Å². The Labute approximate surface area is 123 Å². The molecule has 98 valence electrons. The fourth-order valence-electron chi connectivity index (χ4n) is 2.10. The predicted octanol–water partition coefficient (Wildman–Crippen LogP) is 4.41. The second-order valence-corrected chi connectivity index (χ2v) is 5.62. The van der Waals surface area contributed by atoms with Crippen LogP contribution in [0.1, 0.15) is 10.6 Å². The first-order valence-corrected chi connectivity index (χ1v) is 7.47. The summed E-state index contributed by atoms with van der Waals surface area (Å²) < 4.78 is 2.11. The molecule has 0 atom stereocenters. The van der Waals surface area contributed by atoms with Crippen LogP contribution in [0, 0.1) is 0 Å². The van der Waals surface area contributed by atoms with E-state index in [0.29, 0.717) is 0 Å². The molecule has 0 N–H and O–H groups in total. The molecule has 0 amide bonds. The molecule has 20 heavy (non-hydrogen) atoms. The van der Waals surface area contributed by atoms with Gasteiger partial charge in [-0.1, -0.05) is 30.3 Å². The number of pyridine rings is 1. The van der Waals surface area contributed by atoms with Crippen molar-refractivity contribution < 1.29 is 4.57 Å². The van der Waals surface area contributed by atoms with Gasteiger partial charge in [-0.05, 0) is 34.7 Å². The summed E-state index contributed by atoms with van der Waals surface area (Å²) in [6.07, 6.45) is 6.39. The summed E-state index contributed by atoms with van der Waals surface area (Å²) >= 11 is 1.77. The number of thiophene rings is 1. The predicted molar refractivity (Wildman–Crippen MR) is 86.3 cm³/mol. The SMILES string of the molecule is C[n+]1ccccc1/C=C/c1cc(-c2ccccc2)cs1. The molecule has 0 aliphatic heterocycles. The summed E-state index contributed by atoms with van der Waals surface area (Å²) in [5.74, 6) is 0. The van der Waals surface area contributed by atoms with Crippen LogP contribution >= 0.6 is 11.3 Å². The van der Waals surface area contributed by atoms with Crippen molar-refractivity contribution in [1.82, 2.24) is 0 Å². The molecule has 0 aliphatic rings. The number of aromatic nitrogens is 1. The van der Waals surface area contributed by atoms with Crippen LogP contribution in [0.15, 0.2) is 66.2 Å².